The van der Waals surface area contributed by atoms with Crippen molar-refractivity contribution in [1.29, 1.82) is 0 Å². The second-order valence-electron chi connectivity index (χ2n) is 6.72. The van der Waals surface area contributed by atoms with Crippen molar-refractivity contribution < 1.29 is 9.59 Å². The van der Waals surface area contributed by atoms with Crippen molar-refractivity contribution in [3.63, 3.8) is 0 Å². The van der Waals surface area contributed by atoms with Gasteiger partial charge in [0.05, 0.1) is 11.1 Å². The molecule has 6 nitrogen and oxygen atoms in total. The van der Waals surface area contributed by atoms with Crippen molar-refractivity contribution in [3.8, 4) is 0 Å². The van der Waals surface area contributed by atoms with E-state index in [0.717, 1.165) is 36.1 Å². The molecular weight excluding hydrogens is 348 g/mol. The number of fused-ring (bicyclic) bond motifs is 1. The van der Waals surface area contributed by atoms with Crippen LogP contribution in [0.1, 0.15) is 65.1 Å². The normalized spacial score (nSPS) is 16.4. The molecule has 0 saturated heterocycles. The predicted molar refractivity (Wildman–Crippen MR) is 99.4 cm³/mol. The molecule has 0 atom stereocenters. The summed E-state index contributed by atoms with van der Waals surface area (Å²) in [4.78, 5) is 26.0. The van der Waals surface area contributed by atoms with Crippen LogP contribution < -0.4 is 0 Å². The van der Waals surface area contributed by atoms with E-state index in [4.69, 9.17) is 0 Å². The van der Waals surface area contributed by atoms with Gasteiger partial charge in [-0.2, -0.15) is 0 Å². The zero-order valence-corrected chi connectivity index (χ0v) is 15.7. The zero-order chi connectivity index (χ0) is 18.1. The standard InChI is InChI=1S/C19H22N4O2S/c1-2-22-16(13-9-10-13)20-21-19(22)26-12-6-5-11-23-17(24)14-7-3-4-8-15(14)18(23)25/h3-4,7-8,13H,2,5-6,9-12H2,1H3. The lowest BCUT2D eigenvalue weighted by Gasteiger charge is -2.13. The Hall–Kier alpha value is -2.15. The molecule has 1 aliphatic carbocycles. The first kappa shape index (κ1) is 17.3. The molecule has 26 heavy (non-hydrogen) atoms. The maximum absolute atomic E-state index is 12.3. The van der Waals surface area contributed by atoms with Gasteiger partial charge in [0.25, 0.3) is 11.8 Å². The summed E-state index contributed by atoms with van der Waals surface area (Å²) >= 11 is 1.71. The van der Waals surface area contributed by atoms with Crippen molar-refractivity contribution >= 4 is 23.6 Å². The van der Waals surface area contributed by atoms with Crippen LogP contribution in [0.15, 0.2) is 29.4 Å². The lowest BCUT2D eigenvalue weighted by Crippen LogP contribution is -2.30. The van der Waals surface area contributed by atoms with Gasteiger partial charge >= 0.3 is 0 Å². The Balaban J connectivity index is 1.26. The molecule has 0 N–H and O–H groups in total. The number of hydrogen-bond acceptors (Lipinski definition) is 5. The minimum absolute atomic E-state index is 0.168. The second kappa shape index (κ2) is 7.23. The van der Waals surface area contributed by atoms with Gasteiger partial charge < -0.3 is 4.57 Å². The van der Waals surface area contributed by atoms with E-state index in [1.165, 1.54) is 17.7 Å². The van der Waals surface area contributed by atoms with Gasteiger partial charge in [-0.05, 0) is 44.7 Å². The minimum atomic E-state index is -0.168. The fraction of sp³-hybridized carbons (Fsp3) is 0.474. The number of rotatable bonds is 8. The van der Waals surface area contributed by atoms with Crippen molar-refractivity contribution in [3.05, 3.63) is 41.2 Å². The van der Waals surface area contributed by atoms with Gasteiger partial charge in [-0.25, -0.2) is 0 Å². The Bertz CT molecular complexity index is 809. The Morgan fingerprint density at radius 2 is 1.77 bits per heavy atom. The van der Waals surface area contributed by atoms with E-state index in [1.54, 1.807) is 36.0 Å². The number of carbonyl (C=O) groups is 2. The molecule has 0 unspecified atom stereocenters. The highest BCUT2D eigenvalue weighted by Crippen LogP contribution is 2.40. The predicted octanol–water partition coefficient (Wildman–Crippen LogP) is 3.34. The molecule has 0 radical (unpaired) electrons. The summed E-state index contributed by atoms with van der Waals surface area (Å²) < 4.78 is 2.21. The molecular formula is C19H22N4O2S. The van der Waals surface area contributed by atoms with Crippen LogP contribution in [-0.4, -0.2) is 43.8 Å². The van der Waals surface area contributed by atoms with Gasteiger partial charge in [0.1, 0.15) is 5.82 Å². The van der Waals surface area contributed by atoms with E-state index in [0.29, 0.717) is 23.6 Å². The third-order valence-corrected chi connectivity index (χ3v) is 5.94. The van der Waals surface area contributed by atoms with Gasteiger partial charge in [0.15, 0.2) is 5.16 Å². The molecule has 2 aromatic rings. The number of nitrogens with zero attached hydrogens (tertiary/aromatic N) is 4. The van der Waals surface area contributed by atoms with E-state index < -0.39 is 0 Å². The van der Waals surface area contributed by atoms with Crippen LogP contribution in [0.5, 0.6) is 0 Å². The molecule has 1 saturated carbocycles. The van der Waals surface area contributed by atoms with E-state index in [9.17, 15) is 9.59 Å². The molecule has 0 spiro atoms. The SMILES string of the molecule is CCn1c(SCCCCN2C(=O)c3ccccc3C2=O)nnc1C1CC1. The van der Waals surface area contributed by atoms with Crippen LogP contribution in [-0.2, 0) is 6.54 Å². The van der Waals surface area contributed by atoms with Gasteiger partial charge in [0.2, 0.25) is 0 Å². The highest BCUT2D eigenvalue weighted by molar-refractivity contribution is 7.99. The summed E-state index contributed by atoms with van der Waals surface area (Å²) in [6.07, 6.45) is 4.17. The highest BCUT2D eigenvalue weighted by atomic mass is 32.2. The van der Waals surface area contributed by atoms with Gasteiger partial charge in [-0.3, -0.25) is 14.5 Å². The monoisotopic (exact) mass is 370 g/mol. The average Bonchev–Trinajstić information content (AvgIpc) is 3.38. The van der Waals surface area contributed by atoms with Crippen LogP contribution in [0.3, 0.4) is 0 Å². The Morgan fingerprint density at radius 3 is 2.38 bits per heavy atom. The maximum Gasteiger partial charge on any atom is 0.261 e. The fourth-order valence-corrected chi connectivity index (χ4v) is 4.33. The van der Waals surface area contributed by atoms with Crippen molar-refractivity contribution in [1.82, 2.24) is 19.7 Å². The third-order valence-electron chi connectivity index (χ3n) is 4.89. The number of hydrogen-bond donors (Lipinski definition) is 0. The largest absolute Gasteiger partial charge is 0.306 e. The first-order valence-electron chi connectivity index (χ1n) is 9.21. The number of amides is 2. The van der Waals surface area contributed by atoms with Gasteiger partial charge in [0, 0.05) is 24.8 Å². The van der Waals surface area contributed by atoms with Crippen LogP contribution >= 0.6 is 11.8 Å². The minimum Gasteiger partial charge on any atom is -0.306 e. The van der Waals surface area contributed by atoms with E-state index in [-0.39, 0.29) is 11.8 Å². The molecule has 2 amide bonds. The highest BCUT2D eigenvalue weighted by Gasteiger charge is 2.34. The number of aromatic nitrogens is 3. The quantitative estimate of drug-likeness (QED) is 0.405. The molecule has 2 aliphatic rings. The first-order valence-corrected chi connectivity index (χ1v) is 10.2. The smallest absolute Gasteiger partial charge is 0.261 e. The van der Waals surface area contributed by atoms with Crippen LogP contribution in [0, 0.1) is 0 Å². The summed E-state index contributed by atoms with van der Waals surface area (Å²) in [5, 5.41) is 9.66. The van der Waals surface area contributed by atoms with Gasteiger partial charge in [-0.15, -0.1) is 10.2 Å². The molecule has 0 bridgehead atoms. The van der Waals surface area contributed by atoms with Crippen LogP contribution in [0.25, 0.3) is 0 Å². The fourth-order valence-electron chi connectivity index (χ4n) is 3.33. The summed E-state index contributed by atoms with van der Waals surface area (Å²) in [6, 6.07) is 7.04. The molecule has 2 heterocycles. The maximum atomic E-state index is 12.3. The van der Waals surface area contributed by atoms with Crippen LogP contribution in [0.2, 0.25) is 0 Å². The molecule has 4 rings (SSSR count). The van der Waals surface area contributed by atoms with Crippen molar-refractivity contribution in [2.24, 2.45) is 0 Å². The summed E-state index contributed by atoms with van der Waals surface area (Å²) in [7, 11) is 0. The molecule has 7 heteroatoms. The number of imide groups is 1. The number of thioether (sulfide) groups is 1. The molecule has 1 aromatic carbocycles. The number of carbonyl (C=O) groups excluding carboxylic acids is 2. The Morgan fingerprint density at radius 1 is 1.08 bits per heavy atom. The molecule has 1 aliphatic heterocycles. The van der Waals surface area contributed by atoms with Crippen molar-refractivity contribution in [2.75, 3.05) is 12.3 Å². The zero-order valence-electron chi connectivity index (χ0n) is 14.9. The summed E-state index contributed by atoms with van der Waals surface area (Å²) in [6.45, 7) is 3.50. The lowest BCUT2D eigenvalue weighted by atomic mass is 10.1. The molecule has 1 aromatic heterocycles. The van der Waals surface area contributed by atoms with E-state index in [2.05, 4.69) is 21.7 Å². The Labute approximate surface area is 157 Å². The van der Waals surface area contributed by atoms with Crippen LogP contribution in [0.4, 0.5) is 0 Å². The number of benzene rings is 1. The van der Waals surface area contributed by atoms with Crippen molar-refractivity contribution in [2.45, 2.75) is 50.2 Å². The molecule has 136 valence electrons. The topological polar surface area (TPSA) is 68.1 Å². The average molecular weight is 370 g/mol. The summed E-state index contributed by atoms with van der Waals surface area (Å²) in [5.41, 5.74) is 1.05. The number of unbranched alkanes of at least 4 members (excludes halogenated alkanes) is 1. The lowest BCUT2D eigenvalue weighted by molar-refractivity contribution is 0.0652. The third kappa shape index (κ3) is 3.16. The first-order chi connectivity index (χ1) is 12.7. The van der Waals surface area contributed by atoms with Gasteiger partial charge in [-0.1, -0.05) is 23.9 Å². The molecule has 1 fully saturated rings. The van der Waals surface area contributed by atoms with E-state index >= 15 is 0 Å². The second-order valence-corrected chi connectivity index (χ2v) is 7.78. The Kier molecular flexibility index (Phi) is 4.80. The van der Waals surface area contributed by atoms with E-state index in [1.807, 2.05) is 0 Å². The summed E-state index contributed by atoms with van der Waals surface area (Å²) in [5.74, 6) is 2.30.